The van der Waals surface area contributed by atoms with Gasteiger partial charge in [-0.1, -0.05) is 117 Å². The summed E-state index contributed by atoms with van der Waals surface area (Å²) in [5, 5.41) is 0. The van der Waals surface area contributed by atoms with Crippen LogP contribution in [0, 0.1) is 0 Å². The van der Waals surface area contributed by atoms with Gasteiger partial charge in [-0.15, -0.1) is 0 Å². The molecule has 0 aromatic heterocycles. The molecule has 2 amide bonds. The number of nitrogens with two attached hydrogens (primary N) is 1. The molecule has 184 valence electrons. The molecule has 1 atom stereocenters. The number of unbranched alkanes of at least 4 members (excludes halogenated alkanes) is 16. The molecule has 4 nitrogen and oxygen atoms in total. The van der Waals surface area contributed by atoms with Gasteiger partial charge in [-0.05, 0) is 19.8 Å². The molecule has 0 aromatic rings. The molecule has 0 aliphatic carbocycles. The molecule has 0 rings (SSSR count). The van der Waals surface area contributed by atoms with Gasteiger partial charge in [0.15, 0.2) is 0 Å². The van der Waals surface area contributed by atoms with Gasteiger partial charge in [-0.2, -0.15) is 0 Å². The Kier molecular flexibility index (Phi) is 21.7. The molecule has 0 aromatic carbocycles. The average Bonchev–Trinajstić information content (AvgIpc) is 2.76. The van der Waals surface area contributed by atoms with Crippen molar-refractivity contribution in [3.8, 4) is 0 Å². The van der Waals surface area contributed by atoms with Crippen molar-refractivity contribution in [2.75, 3.05) is 6.54 Å². The lowest BCUT2D eigenvalue weighted by molar-refractivity contribution is -0.147. The number of hydrogen-bond donors (Lipinski definition) is 1. The predicted molar refractivity (Wildman–Crippen MR) is 134 cm³/mol. The second-order valence-corrected chi connectivity index (χ2v) is 9.40. The Morgan fingerprint density at radius 2 is 0.871 bits per heavy atom. The number of carbonyl (C=O) groups excluding carboxylic acids is 2. The molecular formula is C27H54N2O2. The maximum atomic E-state index is 12.7. The quantitative estimate of drug-likeness (QED) is 0.178. The van der Waals surface area contributed by atoms with Gasteiger partial charge in [0.05, 0.1) is 0 Å². The van der Waals surface area contributed by atoms with E-state index in [1.54, 1.807) is 0 Å². The summed E-state index contributed by atoms with van der Waals surface area (Å²) < 4.78 is 0. The van der Waals surface area contributed by atoms with Crippen LogP contribution in [-0.2, 0) is 9.59 Å². The fraction of sp³-hybridized carbons (Fsp3) is 0.926. The molecule has 2 N–H and O–H groups in total. The van der Waals surface area contributed by atoms with E-state index >= 15 is 0 Å². The molecule has 0 saturated heterocycles. The Labute approximate surface area is 194 Å². The minimum absolute atomic E-state index is 0.0261. The van der Waals surface area contributed by atoms with Crippen LogP contribution in [0.3, 0.4) is 0 Å². The molecule has 4 heteroatoms. The van der Waals surface area contributed by atoms with Crippen LogP contribution in [0.15, 0.2) is 0 Å². The van der Waals surface area contributed by atoms with Crippen molar-refractivity contribution in [2.24, 2.45) is 5.73 Å². The van der Waals surface area contributed by atoms with Crippen LogP contribution in [-0.4, -0.2) is 29.3 Å². The van der Waals surface area contributed by atoms with E-state index in [0.717, 1.165) is 25.7 Å². The van der Waals surface area contributed by atoms with Crippen LogP contribution >= 0.6 is 0 Å². The summed E-state index contributed by atoms with van der Waals surface area (Å²) >= 11 is 0. The van der Waals surface area contributed by atoms with Gasteiger partial charge >= 0.3 is 0 Å². The summed E-state index contributed by atoms with van der Waals surface area (Å²) in [7, 11) is 0. The van der Waals surface area contributed by atoms with Crippen LogP contribution in [0.4, 0.5) is 0 Å². The van der Waals surface area contributed by atoms with Gasteiger partial charge in [0.1, 0.15) is 0 Å². The lowest BCUT2D eigenvalue weighted by atomic mass is 10.0. The molecule has 31 heavy (non-hydrogen) atoms. The first kappa shape index (κ1) is 30.1. The Balaban J connectivity index is 4.00. The highest BCUT2D eigenvalue weighted by Crippen LogP contribution is 2.15. The first-order chi connectivity index (χ1) is 15.1. The summed E-state index contributed by atoms with van der Waals surface area (Å²) in [6.07, 6.45) is 23.0. The normalized spacial score (nSPS) is 12.1. The van der Waals surface area contributed by atoms with Crippen LogP contribution in [0.2, 0.25) is 0 Å². The zero-order chi connectivity index (χ0) is 23.2. The van der Waals surface area contributed by atoms with Gasteiger partial charge in [-0.25, -0.2) is 0 Å². The van der Waals surface area contributed by atoms with E-state index in [-0.39, 0.29) is 17.9 Å². The van der Waals surface area contributed by atoms with Gasteiger partial charge in [0.2, 0.25) is 11.8 Å². The van der Waals surface area contributed by atoms with Crippen molar-refractivity contribution in [3.05, 3.63) is 0 Å². The molecule has 0 saturated carbocycles. The maximum Gasteiger partial charge on any atom is 0.229 e. The van der Waals surface area contributed by atoms with E-state index in [9.17, 15) is 9.59 Å². The molecule has 0 heterocycles. The highest BCUT2D eigenvalue weighted by atomic mass is 16.2. The Morgan fingerprint density at radius 1 is 0.581 bits per heavy atom. The maximum absolute atomic E-state index is 12.7. The van der Waals surface area contributed by atoms with E-state index < -0.39 is 0 Å². The number of nitrogens with zero attached hydrogens (tertiary/aromatic N) is 1. The van der Waals surface area contributed by atoms with Crippen molar-refractivity contribution in [1.82, 2.24) is 4.90 Å². The van der Waals surface area contributed by atoms with Crippen molar-refractivity contribution >= 4 is 11.8 Å². The third kappa shape index (κ3) is 17.3. The smallest absolute Gasteiger partial charge is 0.229 e. The van der Waals surface area contributed by atoms with Crippen molar-refractivity contribution in [3.63, 3.8) is 0 Å². The van der Waals surface area contributed by atoms with Crippen molar-refractivity contribution < 1.29 is 9.59 Å². The minimum Gasteiger partial charge on any atom is -0.328 e. The van der Waals surface area contributed by atoms with E-state index in [2.05, 4.69) is 13.8 Å². The van der Waals surface area contributed by atoms with Crippen LogP contribution < -0.4 is 5.73 Å². The predicted octanol–water partition coefficient (Wildman–Crippen LogP) is 7.53. The molecule has 0 fully saturated rings. The number of carbonyl (C=O) groups is 2. The first-order valence-corrected chi connectivity index (χ1v) is 13.6. The lowest BCUT2D eigenvalue weighted by Crippen LogP contribution is -2.46. The van der Waals surface area contributed by atoms with E-state index in [1.165, 1.54) is 94.8 Å². The van der Waals surface area contributed by atoms with Crippen molar-refractivity contribution in [1.29, 1.82) is 0 Å². The zero-order valence-corrected chi connectivity index (χ0v) is 21.3. The standard InChI is InChI=1S/C27H54N2O2/c1-4-6-8-10-12-14-16-18-20-22-26(30)29(25(3)24-28)27(31)23-21-19-17-15-13-11-9-7-5-2/h25H,4-24,28H2,1-3H3. The topological polar surface area (TPSA) is 63.4 Å². The Hall–Kier alpha value is -0.900. The summed E-state index contributed by atoms with van der Waals surface area (Å²) in [4.78, 5) is 26.9. The largest absolute Gasteiger partial charge is 0.328 e. The van der Waals surface area contributed by atoms with Gasteiger partial charge in [-0.3, -0.25) is 14.5 Å². The second-order valence-electron chi connectivity index (χ2n) is 9.40. The first-order valence-electron chi connectivity index (χ1n) is 13.6. The number of hydrogen-bond acceptors (Lipinski definition) is 3. The second kappa shape index (κ2) is 22.3. The van der Waals surface area contributed by atoms with Gasteiger partial charge in [0, 0.05) is 25.4 Å². The molecule has 1 unspecified atom stereocenters. The summed E-state index contributed by atoms with van der Waals surface area (Å²) in [5.74, 6) is -0.0522. The fourth-order valence-corrected chi connectivity index (χ4v) is 4.15. The summed E-state index contributed by atoms with van der Waals surface area (Å²) in [5.41, 5.74) is 5.79. The minimum atomic E-state index is -0.197. The number of imide groups is 1. The number of amides is 2. The highest BCUT2D eigenvalue weighted by molar-refractivity contribution is 5.95. The molecule has 0 bridgehead atoms. The monoisotopic (exact) mass is 438 g/mol. The molecule has 0 radical (unpaired) electrons. The van der Waals surface area contributed by atoms with Gasteiger partial charge < -0.3 is 5.73 Å². The van der Waals surface area contributed by atoms with Crippen LogP contribution in [0.5, 0.6) is 0 Å². The van der Waals surface area contributed by atoms with Crippen LogP contribution in [0.1, 0.15) is 149 Å². The summed E-state index contributed by atoms with van der Waals surface area (Å²) in [6, 6.07) is -0.197. The van der Waals surface area contributed by atoms with Crippen molar-refractivity contribution in [2.45, 2.75) is 155 Å². The average molecular weight is 439 g/mol. The SMILES string of the molecule is CCCCCCCCCCCC(=O)N(C(=O)CCCCCCCCCCC)C(C)CN. The van der Waals surface area contributed by atoms with E-state index in [0.29, 0.717) is 19.4 Å². The van der Waals surface area contributed by atoms with E-state index in [4.69, 9.17) is 5.73 Å². The van der Waals surface area contributed by atoms with Gasteiger partial charge in [0.25, 0.3) is 0 Å². The molecule has 0 aliphatic heterocycles. The Bertz CT molecular complexity index is 391. The van der Waals surface area contributed by atoms with E-state index in [1.807, 2.05) is 6.92 Å². The highest BCUT2D eigenvalue weighted by Gasteiger charge is 2.25. The Morgan fingerprint density at radius 3 is 1.16 bits per heavy atom. The summed E-state index contributed by atoms with van der Waals surface area (Å²) in [6.45, 7) is 6.72. The third-order valence-electron chi connectivity index (χ3n) is 6.31. The fourth-order valence-electron chi connectivity index (χ4n) is 4.15. The molecule has 0 spiro atoms. The lowest BCUT2D eigenvalue weighted by Gasteiger charge is -2.26. The number of rotatable bonds is 22. The van der Waals surface area contributed by atoms with Crippen LogP contribution in [0.25, 0.3) is 0 Å². The third-order valence-corrected chi connectivity index (χ3v) is 6.31. The molecular weight excluding hydrogens is 384 g/mol. The molecule has 0 aliphatic rings. The zero-order valence-electron chi connectivity index (χ0n) is 21.3.